The predicted octanol–water partition coefficient (Wildman–Crippen LogP) is -0.183. The van der Waals surface area contributed by atoms with Gasteiger partial charge in [0.25, 0.3) is 0 Å². The second-order valence-electron chi connectivity index (χ2n) is 3.06. The van der Waals surface area contributed by atoms with E-state index < -0.39 is 0 Å². The van der Waals surface area contributed by atoms with Crippen molar-refractivity contribution in [3.63, 3.8) is 0 Å². The highest BCUT2D eigenvalue weighted by atomic mass is 16.6. The summed E-state index contributed by atoms with van der Waals surface area (Å²) < 4.78 is 21.1. The highest BCUT2D eigenvalue weighted by molar-refractivity contribution is 4.69. The summed E-state index contributed by atoms with van der Waals surface area (Å²) in [7, 11) is 0. The molecule has 0 aliphatic carbocycles. The van der Waals surface area contributed by atoms with Crippen LogP contribution in [0.4, 0.5) is 0 Å². The number of hydrogen-bond donors (Lipinski definition) is 0. The van der Waals surface area contributed by atoms with Gasteiger partial charge in [-0.2, -0.15) is 0 Å². The van der Waals surface area contributed by atoms with Crippen LogP contribution in [0.3, 0.4) is 0 Å². The highest BCUT2D eigenvalue weighted by Crippen LogP contribution is 2.10. The quantitative estimate of drug-likeness (QED) is 0.556. The minimum Gasteiger partial charge on any atom is -0.376 e. The SMILES string of the molecule is C1COCC(OCC2CO2)CO1. The predicted molar refractivity (Wildman–Crippen MR) is 41.1 cm³/mol. The molecule has 0 amide bonds. The van der Waals surface area contributed by atoms with E-state index in [1.807, 2.05) is 0 Å². The van der Waals surface area contributed by atoms with Crippen LogP contribution in [0.25, 0.3) is 0 Å². The lowest BCUT2D eigenvalue weighted by Crippen LogP contribution is -2.24. The smallest absolute Gasteiger partial charge is 0.104 e. The Morgan fingerprint density at radius 2 is 1.75 bits per heavy atom. The van der Waals surface area contributed by atoms with Gasteiger partial charge in [0.1, 0.15) is 12.2 Å². The van der Waals surface area contributed by atoms with Crippen LogP contribution in [0.1, 0.15) is 0 Å². The number of rotatable bonds is 3. The summed E-state index contributed by atoms with van der Waals surface area (Å²) in [5, 5.41) is 0. The highest BCUT2D eigenvalue weighted by Gasteiger charge is 2.24. The fourth-order valence-electron chi connectivity index (χ4n) is 1.10. The third-order valence-corrected chi connectivity index (χ3v) is 1.90. The summed E-state index contributed by atoms with van der Waals surface area (Å²) in [6.45, 7) is 4.17. The standard InChI is InChI=1S/C8H14O4/c1-2-10-4-7(3-9-1)11-5-8-6-12-8/h7-8H,1-6H2. The molecule has 4 heteroatoms. The van der Waals surface area contributed by atoms with Gasteiger partial charge < -0.3 is 18.9 Å². The lowest BCUT2D eigenvalue weighted by molar-refractivity contribution is -0.0252. The first-order chi connectivity index (χ1) is 5.95. The second kappa shape index (κ2) is 4.18. The Kier molecular flexibility index (Phi) is 2.94. The van der Waals surface area contributed by atoms with E-state index in [9.17, 15) is 0 Å². The first kappa shape index (κ1) is 8.44. The van der Waals surface area contributed by atoms with Crippen LogP contribution in [0.2, 0.25) is 0 Å². The maximum absolute atomic E-state index is 5.51. The van der Waals surface area contributed by atoms with Crippen molar-refractivity contribution in [2.45, 2.75) is 12.2 Å². The minimum atomic E-state index is 0.0942. The zero-order chi connectivity index (χ0) is 8.23. The molecule has 2 saturated heterocycles. The van der Waals surface area contributed by atoms with Crippen molar-refractivity contribution in [2.24, 2.45) is 0 Å². The van der Waals surface area contributed by atoms with Crippen molar-refractivity contribution in [1.82, 2.24) is 0 Å². The Morgan fingerprint density at radius 3 is 2.33 bits per heavy atom. The van der Waals surface area contributed by atoms with Crippen molar-refractivity contribution in [1.29, 1.82) is 0 Å². The fraction of sp³-hybridized carbons (Fsp3) is 1.00. The summed E-state index contributed by atoms with van der Waals surface area (Å²) in [5.74, 6) is 0. The molecule has 4 nitrogen and oxygen atoms in total. The van der Waals surface area contributed by atoms with E-state index in [2.05, 4.69) is 0 Å². The second-order valence-corrected chi connectivity index (χ2v) is 3.06. The summed E-state index contributed by atoms with van der Waals surface area (Å²) in [5.41, 5.74) is 0. The molecule has 0 aromatic rings. The lowest BCUT2D eigenvalue weighted by atomic mass is 10.4. The van der Waals surface area contributed by atoms with Crippen molar-refractivity contribution in [2.75, 3.05) is 39.6 Å². The molecule has 0 aromatic carbocycles. The Morgan fingerprint density at radius 1 is 1.08 bits per heavy atom. The molecule has 0 aromatic heterocycles. The maximum atomic E-state index is 5.51. The first-order valence-electron chi connectivity index (χ1n) is 4.34. The topological polar surface area (TPSA) is 40.2 Å². The Bertz CT molecular complexity index is 127. The van der Waals surface area contributed by atoms with Gasteiger partial charge in [0.2, 0.25) is 0 Å². The van der Waals surface area contributed by atoms with E-state index in [0.717, 1.165) is 6.61 Å². The molecule has 0 saturated carbocycles. The van der Waals surface area contributed by atoms with Crippen LogP contribution in [-0.2, 0) is 18.9 Å². The average molecular weight is 174 g/mol. The zero-order valence-corrected chi connectivity index (χ0v) is 7.03. The summed E-state index contributed by atoms with van der Waals surface area (Å²) in [6, 6.07) is 0. The molecule has 0 spiro atoms. The lowest BCUT2D eigenvalue weighted by Gasteiger charge is -2.12. The number of epoxide rings is 1. The number of ether oxygens (including phenoxy) is 4. The van der Waals surface area contributed by atoms with Gasteiger partial charge in [-0.25, -0.2) is 0 Å². The van der Waals surface area contributed by atoms with Crippen molar-refractivity contribution in [3.05, 3.63) is 0 Å². The van der Waals surface area contributed by atoms with E-state index >= 15 is 0 Å². The van der Waals surface area contributed by atoms with Crippen molar-refractivity contribution >= 4 is 0 Å². The van der Waals surface area contributed by atoms with Crippen LogP contribution in [0, 0.1) is 0 Å². The maximum Gasteiger partial charge on any atom is 0.104 e. The Balaban J connectivity index is 1.62. The third kappa shape index (κ3) is 2.71. The van der Waals surface area contributed by atoms with Crippen LogP contribution in [-0.4, -0.2) is 51.8 Å². The minimum absolute atomic E-state index is 0.0942. The summed E-state index contributed by atoms with van der Waals surface area (Å²) in [4.78, 5) is 0. The molecule has 0 N–H and O–H groups in total. The van der Waals surface area contributed by atoms with Gasteiger partial charge in [0.15, 0.2) is 0 Å². The van der Waals surface area contributed by atoms with Crippen LogP contribution in [0.15, 0.2) is 0 Å². The molecular formula is C8H14O4. The molecule has 0 radical (unpaired) electrons. The van der Waals surface area contributed by atoms with E-state index in [0.29, 0.717) is 39.1 Å². The third-order valence-electron chi connectivity index (χ3n) is 1.90. The Hall–Kier alpha value is -0.160. The Labute approximate surface area is 71.7 Å². The normalized spacial score (nSPS) is 31.5. The molecule has 2 fully saturated rings. The summed E-state index contributed by atoms with van der Waals surface area (Å²) in [6.07, 6.45) is 0.421. The molecule has 12 heavy (non-hydrogen) atoms. The van der Waals surface area contributed by atoms with Gasteiger partial charge in [-0.3, -0.25) is 0 Å². The van der Waals surface area contributed by atoms with Crippen LogP contribution >= 0.6 is 0 Å². The van der Waals surface area contributed by atoms with Gasteiger partial charge in [-0.15, -0.1) is 0 Å². The molecule has 0 bridgehead atoms. The van der Waals surface area contributed by atoms with Gasteiger partial charge >= 0.3 is 0 Å². The van der Waals surface area contributed by atoms with E-state index in [1.54, 1.807) is 0 Å². The number of hydrogen-bond acceptors (Lipinski definition) is 4. The van der Waals surface area contributed by atoms with Crippen molar-refractivity contribution in [3.8, 4) is 0 Å². The average Bonchev–Trinajstić information content (AvgIpc) is 2.90. The molecule has 1 atom stereocenters. The molecule has 2 heterocycles. The van der Waals surface area contributed by atoms with Crippen LogP contribution in [0.5, 0.6) is 0 Å². The van der Waals surface area contributed by atoms with Gasteiger partial charge in [0.05, 0.1) is 39.6 Å². The fourth-order valence-corrected chi connectivity index (χ4v) is 1.10. The molecule has 2 aliphatic heterocycles. The largest absolute Gasteiger partial charge is 0.376 e. The summed E-state index contributed by atoms with van der Waals surface area (Å²) >= 11 is 0. The molecular weight excluding hydrogens is 160 g/mol. The van der Waals surface area contributed by atoms with Gasteiger partial charge in [-0.1, -0.05) is 0 Å². The molecule has 70 valence electrons. The monoisotopic (exact) mass is 174 g/mol. The molecule has 2 rings (SSSR count). The molecule has 1 unspecified atom stereocenters. The zero-order valence-electron chi connectivity index (χ0n) is 7.03. The van der Waals surface area contributed by atoms with Gasteiger partial charge in [-0.05, 0) is 0 Å². The van der Waals surface area contributed by atoms with E-state index in [4.69, 9.17) is 18.9 Å². The van der Waals surface area contributed by atoms with Crippen molar-refractivity contribution < 1.29 is 18.9 Å². The van der Waals surface area contributed by atoms with E-state index in [1.165, 1.54) is 0 Å². The van der Waals surface area contributed by atoms with Gasteiger partial charge in [0, 0.05) is 0 Å². The van der Waals surface area contributed by atoms with Crippen LogP contribution < -0.4 is 0 Å². The molecule has 2 aliphatic rings. The first-order valence-corrected chi connectivity index (χ1v) is 4.34. The van der Waals surface area contributed by atoms with E-state index in [-0.39, 0.29) is 6.10 Å².